The standard InChI is InChI=1S/C17H28BrNO/c1-15-7-13-8-16(2,10-15)12-17(9-13,11-15)14(20)19(3)6-4-5-18/h13H,4-12H2,1-3H3. The first-order valence-corrected chi connectivity index (χ1v) is 9.24. The summed E-state index contributed by atoms with van der Waals surface area (Å²) >= 11 is 3.47. The average Bonchev–Trinajstić information content (AvgIpc) is 2.30. The van der Waals surface area contributed by atoms with Crippen LogP contribution < -0.4 is 0 Å². The van der Waals surface area contributed by atoms with Crippen LogP contribution in [0.3, 0.4) is 0 Å². The zero-order valence-electron chi connectivity index (χ0n) is 13.2. The van der Waals surface area contributed by atoms with E-state index in [9.17, 15) is 4.79 Å². The van der Waals surface area contributed by atoms with Crippen LogP contribution in [0, 0.1) is 22.2 Å². The molecule has 4 rings (SSSR count). The lowest BCUT2D eigenvalue weighted by atomic mass is 9.40. The molecule has 0 aliphatic heterocycles. The number of hydrogen-bond donors (Lipinski definition) is 0. The second-order valence-corrected chi connectivity index (χ2v) is 9.47. The second-order valence-electron chi connectivity index (χ2n) is 8.68. The molecule has 2 unspecified atom stereocenters. The lowest BCUT2D eigenvalue weighted by Crippen LogP contribution is -2.60. The Morgan fingerprint density at radius 2 is 1.75 bits per heavy atom. The molecule has 3 heteroatoms. The van der Waals surface area contributed by atoms with Gasteiger partial charge >= 0.3 is 0 Å². The van der Waals surface area contributed by atoms with Crippen LogP contribution in [0.4, 0.5) is 0 Å². The normalized spacial score (nSPS) is 45.7. The average molecular weight is 342 g/mol. The quantitative estimate of drug-likeness (QED) is 0.700. The van der Waals surface area contributed by atoms with Gasteiger partial charge in [-0.3, -0.25) is 4.79 Å². The van der Waals surface area contributed by atoms with E-state index >= 15 is 0 Å². The predicted molar refractivity (Wildman–Crippen MR) is 85.9 cm³/mol. The summed E-state index contributed by atoms with van der Waals surface area (Å²) in [5.41, 5.74) is 0.837. The fraction of sp³-hybridized carbons (Fsp3) is 0.941. The molecular formula is C17H28BrNO. The maximum absolute atomic E-state index is 13.1. The zero-order chi connectivity index (χ0) is 14.6. The summed E-state index contributed by atoms with van der Waals surface area (Å²) in [6, 6.07) is 0. The molecular weight excluding hydrogens is 314 g/mol. The molecule has 4 aliphatic carbocycles. The van der Waals surface area contributed by atoms with E-state index in [0.29, 0.717) is 16.7 Å². The van der Waals surface area contributed by atoms with Gasteiger partial charge in [0.15, 0.2) is 0 Å². The first-order valence-electron chi connectivity index (χ1n) is 8.12. The van der Waals surface area contributed by atoms with E-state index in [1.54, 1.807) is 0 Å². The van der Waals surface area contributed by atoms with Crippen LogP contribution in [-0.4, -0.2) is 29.7 Å². The highest BCUT2D eigenvalue weighted by Crippen LogP contribution is 2.69. The number of amides is 1. The topological polar surface area (TPSA) is 20.3 Å². The van der Waals surface area contributed by atoms with Crippen LogP contribution >= 0.6 is 15.9 Å². The van der Waals surface area contributed by atoms with Gasteiger partial charge in [0.05, 0.1) is 5.41 Å². The second kappa shape index (κ2) is 4.72. The van der Waals surface area contributed by atoms with Crippen molar-refractivity contribution in [1.29, 1.82) is 0 Å². The molecule has 0 aromatic carbocycles. The minimum Gasteiger partial charge on any atom is -0.345 e. The van der Waals surface area contributed by atoms with E-state index in [1.165, 1.54) is 19.3 Å². The number of alkyl halides is 1. The van der Waals surface area contributed by atoms with Crippen LogP contribution in [0.5, 0.6) is 0 Å². The van der Waals surface area contributed by atoms with E-state index in [0.717, 1.165) is 43.5 Å². The van der Waals surface area contributed by atoms with Crippen LogP contribution in [0.2, 0.25) is 0 Å². The highest BCUT2D eigenvalue weighted by atomic mass is 79.9. The van der Waals surface area contributed by atoms with Crippen molar-refractivity contribution in [3.8, 4) is 0 Å². The minimum absolute atomic E-state index is 0.0238. The molecule has 0 aromatic rings. The van der Waals surface area contributed by atoms with Crippen molar-refractivity contribution in [2.24, 2.45) is 22.2 Å². The highest BCUT2D eigenvalue weighted by molar-refractivity contribution is 9.09. The molecule has 1 amide bonds. The van der Waals surface area contributed by atoms with Crippen molar-refractivity contribution in [3.63, 3.8) is 0 Å². The van der Waals surface area contributed by atoms with E-state index in [2.05, 4.69) is 29.8 Å². The third-order valence-electron chi connectivity index (χ3n) is 6.05. The molecule has 4 saturated carbocycles. The summed E-state index contributed by atoms with van der Waals surface area (Å²) in [7, 11) is 2.01. The number of carbonyl (C=O) groups excluding carboxylic acids is 1. The summed E-state index contributed by atoms with van der Waals surface area (Å²) in [4.78, 5) is 15.1. The zero-order valence-corrected chi connectivity index (χ0v) is 14.8. The van der Waals surface area contributed by atoms with Crippen LogP contribution in [0.1, 0.15) is 58.8 Å². The van der Waals surface area contributed by atoms with E-state index in [1.807, 2.05) is 11.9 Å². The number of carbonyl (C=O) groups is 1. The Bertz CT molecular complexity index is 403. The maximum atomic E-state index is 13.1. The van der Waals surface area contributed by atoms with Gasteiger partial charge in [-0.2, -0.15) is 0 Å². The Morgan fingerprint density at radius 3 is 2.25 bits per heavy atom. The summed E-state index contributed by atoms with van der Waals surface area (Å²) in [6.45, 7) is 5.77. The monoisotopic (exact) mass is 341 g/mol. The molecule has 4 bridgehead atoms. The van der Waals surface area contributed by atoms with Crippen LogP contribution in [0.15, 0.2) is 0 Å². The molecule has 4 aliphatic rings. The molecule has 0 N–H and O–H groups in total. The summed E-state index contributed by atoms with van der Waals surface area (Å²) in [5.74, 6) is 1.25. The smallest absolute Gasteiger partial charge is 0.228 e. The van der Waals surface area contributed by atoms with E-state index < -0.39 is 0 Å². The molecule has 114 valence electrons. The van der Waals surface area contributed by atoms with Crippen molar-refractivity contribution in [2.45, 2.75) is 58.8 Å². The molecule has 2 atom stereocenters. The number of halogens is 1. The Labute approximate surface area is 131 Å². The maximum Gasteiger partial charge on any atom is 0.228 e. The van der Waals surface area contributed by atoms with Gasteiger partial charge in [-0.25, -0.2) is 0 Å². The lowest BCUT2D eigenvalue weighted by molar-refractivity contribution is -0.178. The number of rotatable bonds is 4. The summed E-state index contributed by atoms with van der Waals surface area (Å²) in [6.07, 6.45) is 8.57. The van der Waals surface area contributed by atoms with Crippen molar-refractivity contribution >= 4 is 21.8 Å². The van der Waals surface area contributed by atoms with Crippen molar-refractivity contribution < 1.29 is 4.79 Å². The Morgan fingerprint density at radius 1 is 1.15 bits per heavy atom. The number of nitrogens with zero attached hydrogens (tertiary/aromatic N) is 1. The van der Waals surface area contributed by atoms with Crippen molar-refractivity contribution in [3.05, 3.63) is 0 Å². The van der Waals surface area contributed by atoms with Gasteiger partial charge in [-0.15, -0.1) is 0 Å². The molecule has 0 spiro atoms. The van der Waals surface area contributed by atoms with Crippen LogP contribution in [-0.2, 0) is 4.79 Å². The number of hydrogen-bond acceptors (Lipinski definition) is 1. The first kappa shape index (κ1) is 14.9. The lowest BCUT2D eigenvalue weighted by Gasteiger charge is -2.65. The minimum atomic E-state index is -0.0238. The highest BCUT2D eigenvalue weighted by Gasteiger charge is 2.63. The third kappa shape index (κ3) is 2.34. The fourth-order valence-electron chi connectivity index (χ4n) is 6.49. The van der Waals surface area contributed by atoms with Gasteiger partial charge in [-0.05, 0) is 61.7 Å². The predicted octanol–water partition coefficient (Wildman–Crippen LogP) is 4.23. The van der Waals surface area contributed by atoms with Crippen LogP contribution in [0.25, 0.3) is 0 Å². The largest absolute Gasteiger partial charge is 0.345 e. The van der Waals surface area contributed by atoms with Gasteiger partial charge in [-0.1, -0.05) is 29.8 Å². The van der Waals surface area contributed by atoms with Crippen molar-refractivity contribution in [1.82, 2.24) is 4.90 Å². The molecule has 4 fully saturated rings. The van der Waals surface area contributed by atoms with Gasteiger partial charge in [0.25, 0.3) is 0 Å². The fourth-order valence-corrected chi connectivity index (χ4v) is 6.74. The SMILES string of the molecule is CN(CCCBr)C(=O)C12CC3CC(C)(CC(C)(C3)C1)C2. The Kier molecular flexibility index (Phi) is 3.51. The molecule has 20 heavy (non-hydrogen) atoms. The van der Waals surface area contributed by atoms with E-state index in [-0.39, 0.29) is 5.41 Å². The molecule has 0 heterocycles. The van der Waals surface area contributed by atoms with E-state index in [4.69, 9.17) is 0 Å². The molecule has 2 nitrogen and oxygen atoms in total. The molecule has 0 saturated heterocycles. The summed E-state index contributed by atoms with van der Waals surface area (Å²) < 4.78 is 0. The van der Waals surface area contributed by atoms with Gasteiger partial charge in [0, 0.05) is 18.9 Å². The summed E-state index contributed by atoms with van der Waals surface area (Å²) in [5, 5.41) is 0.982. The van der Waals surface area contributed by atoms with Gasteiger partial charge in [0.2, 0.25) is 5.91 Å². The first-order chi connectivity index (χ1) is 9.30. The van der Waals surface area contributed by atoms with Gasteiger partial charge in [0.1, 0.15) is 0 Å². The molecule has 0 aromatic heterocycles. The van der Waals surface area contributed by atoms with Crippen molar-refractivity contribution in [2.75, 3.05) is 18.9 Å². The third-order valence-corrected chi connectivity index (χ3v) is 6.61. The molecule has 0 radical (unpaired) electrons. The Hall–Kier alpha value is -0.0500. The Balaban J connectivity index is 1.83. The van der Waals surface area contributed by atoms with Gasteiger partial charge < -0.3 is 4.90 Å².